The largest absolute Gasteiger partial charge is 0.338 e. The van der Waals surface area contributed by atoms with E-state index in [0.717, 1.165) is 0 Å². The third-order valence-corrected chi connectivity index (χ3v) is 5.90. The number of rotatable bonds is 5. The van der Waals surface area contributed by atoms with E-state index in [1.165, 1.54) is 0 Å². The predicted molar refractivity (Wildman–Crippen MR) is 88.2 cm³/mol. The van der Waals surface area contributed by atoms with Gasteiger partial charge in [0, 0.05) is 12.6 Å². The quantitative estimate of drug-likeness (QED) is 0.817. The van der Waals surface area contributed by atoms with Crippen molar-refractivity contribution in [3.8, 4) is 0 Å². The van der Waals surface area contributed by atoms with Gasteiger partial charge >= 0.3 is 6.03 Å². The maximum atomic E-state index is 12.3. The van der Waals surface area contributed by atoms with Crippen LogP contribution in [0.3, 0.4) is 0 Å². The smallest absolute Gasteiger partial charge is 0.315 e. The molecule has 126 valence electrons. The first-order valence-electron chi connectivity index (χ1n) is 7.42. The molecule has 0 unspecified atom stereocenters. The van der Waals surface area contributed by atoms with Gasteiger partial charge in [0.25, 0.3) is 0 Å². The zero-order chi connectivity index (χ0) is 17.1. The Morgan fingerprint density at radius 3 is 1.86 bits per heavy atom. The normalized spacial score (nSPS) is 14.9. The van der Waals surface area contributed by atoms with E-state index in [1.807, 2.05) is 34.6 Å². The predicted octanol–water partition coefficient (Wildman–Crippen LogP) is 2.57. The SMILES string of the molecule is CC(C)[C@@H](CS(=O)(=O)C(C)(C)C)NC(=O)NCC(C)(C)C. The molecule has 0 radical (unpaired) electrons. The van der Waals surface area contributed by atoms with E-state index < -0.39 is 20.6 Å². The zero-order valence-corrected chi connectivity index (χ0v) is 15.5. The van der Waals surface area contributed by atoms with Crippen LogP contribution in [-0.4, -0.2) is 37.5 Å². The fourth-order valence-corrected chi connectivity index (χ4v) is 2.89. The summed E-state index contributed by atoms with van der Waals surface area (Å²) in [6.45, 7) is 15.5. The number of hydrogen-bond donors (Lipinski definition) is 2. The second kappa shape index (κ2) is 6.99. The van der Waals surface area contributed by atoms with Crippen molar-refractivity contribution in [2.45, 2.75) is 66.2 Å². The van der Waals surface area contributed by atoms with Gasteiger partial charge in [-0.15, -0.1) is 0 Å². The molecule has 6 heteroatoms. The van der Waals surface area contributed by atoms with Crippen LogP contribution in [0.15, 0.2) is 0 Å². The van der Waals surface area contributed by atoms with E-state index in [9.17, 15) is 13.2 Å². The molecule has 0 aromatic carbocycles. The van der Waals surface area contributed by atoms with Gasteiger partial charge in [0.05, 0.1) is 10.5 Å². The summed E-state index contributed by atoms with van der Waals surface area (Å²) >= 11 is 0. The lowest BCUT2D eigenvalue weighted by molar-refractivity contribution is 0.229. The highest BCUT2D eigenvalue weighted by atomic mass is 32.2. The molecule has 0 rings (SSSR count). The van der Waals surface area contributed by atoms with Crippen LogP contribution in [0.5, 0.6) is 0 Å². The summed E-state index contributed by atoms with van der Waals surface area (Å²) in [6.07, 6.45) is 0. The molecule has 0 aliphatic heterocycles. The topological polar surface area (TPSA) is 75.3 Å². The number of carbonyl (C=O) groups excluding carboxylic acids is 1. The third-order valence-electron chi connectivity index (χ3n) is 3.23. The number of carbonyl (C=O) groups is 1. The summed E-state index contributed by atoms with van der Waals surface area (Å²) in [5.74, 6) is -0.000547. The van der Waals surface area contributed by atoms with Crippen molar-refractivity contribution in [1.29, 1.82) is 0 Å². The van der Waals surface area contributed by atoms with Gasteiger partial charge in [0.2, 0.25) is 0 Å². The van der Waals surface area contributed by atoms with Gasteiger partial charge in [0.15, 0.2) is 9.84 Å². The van der Waals surface area contributed by atoms with E-state index in [1.54, 1.807) is 20.8 Å². The Bertz CT molecular complexity index is 443. The number of sulfone groups is 1. The maximum Gasteiger partial charge on any atom is 0.315 e. The zero-order valence-electron chi connectivity index (χ0n) is 14.7. The van der Waals surface area contributed by atoms with Gasteiger partial charge < -0.3 is 10.6 Å². The second-order valence-corrected chi connectivity index (χ2v) is 10.9. The van der Waals surface area contributed by atoms with E-state index in [0.29, 0.717) is 6.54 Å². The standard InChI is InChI=1S/C15H32N2O3S/c1-11(2)12(9-21(19,20)15(6,7)8)17-13(18)16-10-14(3,4)5/h11-12H,9-10H2,1-8H3,(H2,16,17,18)/t12-/m1/s1. The fraction of sp³-hybridized carbons (Fsp3) is 0.933. The number of hydrogen-bond acceptors (Lipinski definition) is 3. The third kappa shape index (κ3) is 7.69. The van der Waals surface area contributed by atoms with E-state index in [2.05, 4.69) is 10.6 Å². The van der Waals surface area contributed by atoms with E-state index in [4.69, 9.17) is 0 Å². The lowest BCUT2D eigenvalue weighted by Crippen LogP contribution is -2.50. The number of urea groups is 1. The van der Waals surface area contributed by atoms with Crippen LogP contribution in [0, 0.1) is 11.3 Å². The molecule has 2 amide bonds. The Morgan fingerprint density at radius 1 is 1.05 bits per heavy atom. The monoisotopic (exact) mass is 320 g/mol. The van der Waals surface area contributed by atoms with Crippen LogP contribution in [0.4, 0.5) is 4.79 Å². The molecule has 0 saturated heterocycles. The van der Waals surface area contributed by atoms with E-state index in [-0.39, 0.29) is 23.1 Å². The van der Waals surface area contributed by atoms with Gasteiger partial charge in [-0.25, -0.2) is 13.2 Å². The van der Waals surface area contributed by atoms with Gasteiger partial charge in [-0.2, -0.15) is 0 Å². The molecule has 0 fully saturated rings. The molecule has 0 saturated carbocycles. The number of amides is 2. The Labute approximate surface area is 130 Å². The minimum Gasteiger partial charge on any atom is -0.338 e. The highest BCUT2D eigenvalue weighted by Gasteiger charge is 2.33. The van der Waals surface area contributed by atoms with Crippen molar-refractivity contribution in [2.24, 2.45) is 11.3 Å². The molecule has 0 heterocycles. The maximum absolute atomic E-state index is 12.3. The van der Waals surface area contributed by atoms with Crippen LogP contribution >= 0.6 is 0 Å². The second-order valence-electron chi connectivity index (χ2n) is 8.13. The first-order valence-corrected chi connectivity index (χ1v) is 9.07. The Morgan fingerprint density at radius 2 is 1.52 bits per heavy atom. The van der Waals surface area contributed by atoms with Crippen molar-refractivity contribution in [3.05, 3.63) is 0 Å². The summed E-state index contributed by atoms with van der Waals surface area (Å²) in [7, 11) is -3.27. The van der Waals surface area contributed by atoms with E-state index >= 15 is 0 Å². The Kier molecular flexibility index (Phi) is 6.73. The average Bonchev–Trinajstić information content (AvgIpc) is 2.22. The van der Waals surface area contributed by atoms with Crippen molar-refractivity contribution < 1.29 is 13.2 Å². The molecular formula is C15H32N2O3S. The first kappa shape index (κ1) is 20.2. The molecule has 2 N–H and O–H groups in total. The molecule has 0 aliphatic carbocycles. The molecule has 21 heavy (non-hydrogen) atoms. The fourth-order valence-electron chi connectivity index (χ4n) is 1.45. The van der Waals surface area contributed by atoms with Crippen LogP contribution in [0.2, 0.25) is 0 Å². The molecule has 0 spiro atoms. The van der Waals surface area contributed by atoms with Gasteiger partial charge in [-0.3, -0.25) is 0 Å². The van der Waals surface area contributed by atoms with Gasteiger partial charge in [-0.1, -0.05) is 34.6 Å². The molecule has 0 aliphatic rings. The summed E-state index contributed by atoms with van der Waals surface area (Å²) in [6, 6.07) is -0.707. The summed E-state index contributed by atoms with van der Waals surface area (Å²) in [5.41, 5.74) is -0.0118. The van der Waals surface area contributed by atoms with Crippen LogP contribution < -0.4 is 10.6 Å². The molecular weight excluding hydrogens is 288 g/mol. The van der Waals surface area contributed by atoms with Crippen molar-refractivity contribution in [2.75, 3.05) is 12.3 Å². The summed E-state index contributed by atoms with van der Waals surface area (Å²) in [5, 5.41) is 5.58. The van der Waals surface area contributed by atoms with Gasteiger partial charge in [-0.05, 0) is 32.1 Å². The highest BCUT2D eigenvalue weighted by Crippen LogP contribution is 2.19. The lowest BCUT2D eigenvalue weighted by atomic mass is 9.97. The van der Waals surface area contributed by atoms with Crippen molar-refractivity contribution in [1.82, 2.24) is 10.6 Å². The van der Waals surface area contributed by atoms with Crippen molar-refractivity contribution in [3.63, 3.8) is 0 Å². The lowest BCUT2D eigenvalue weighted by Gasteiger charge is -2.28. The van der Waals surface area contributed by atoms with Crippen LogP contribution in [0.25, 0.3) is 0 Å². The summed E-state index contributed by atoms with van der Waals surface area (Å²) < 4.78 is 23.8. The molecule has 1 atom stereocenters. The van der Waals surface area contributed by atoms with Crippen LogP contribution in [-0.2, 0) is 9.84 Å². The minimum absolute atomic E-state index is 0.0118. The molecule has 0 bridgehead atoms. The van der Waals surface area contributed by atoms with Gasteiger partial charge in [0.1, 0.15) is 0 Å². The van der Waals surface area contributed by atoms with Crippen molar-refractivity contribution >= 4 is 15.9 Å². The Hall–Kier alpha value is -0.780. The van der Waals surface area contributed by atoms with Crippen LogP contribution in [0.1, 0.15) is 55.4 Å². The molecule has 5 nitrogen and oxygen atoms in total. The average molecular weight is 320 g/mol. The molecule has 0 aromatic heterocycles. The highest BCUT2D eigenvalue weighted by molar-refractivity contribution is 7.92. The first-order chi connectivity index (χ1) is 9.16. The minimum atomic E-state index is -3.27. The Balaban J connectivity index is 4.77. The number of nitrogens with one attached hydrogen (secondary N) is 2. The summed E-state index contributed by atoms with van der Waals surface area (Å²) in [4.78, 5) is 11.9. The molecule has 0 aromatic rings.